The van der Waals surface area contributed by atoms with E-state index in [1.165, 1.54) is 5.57 Å². The van der Waals surface area contributed by atoms with E-state index < -0.39 is 0 Å². The summed E-state index contributed by atoms with van der Waals surface area (Å²) in [4.78, 5) is 13.4. The molecule has 3 saturated carbocycles. The summed E-state index contributed by atoms with van der Waals surface area (Å²) >= 11 is 0. The zero-order valence-electron chi connectivity index (χ0n) is 17.3. The van der Waals surface area contributed by atoms with Crippen LogP contribution < -0.4 is 0 Å². The van der Waals surface area contributed by atoms with Gasteiger partial charge in [-0.05, 0) is 79.8 Å². The number of aliphatic hydroxyl groups excluding tert-OH is 1. The van der Waals surface area contributed by atoms with Crippen LogP contribution in [0.1, 0.15) is 64.4 Å². The third-order valence-electron chi connectivity index (χ3n) is 8.78. The van der Waals surface area contributed by atoms with Gasteiger partial charge in [-0.2, -0.15) is 5.10 Å². The number of aliphatic hydroxyl groups is 1. The summed E-state index contributed by atoms with van der Waals surface area (Å²) in [5, 5.41) is 14.4. The number of nitrogens with zero attached hydrogens (tertiary/aromatic N) is 2. The Balaban J connectivity index is 1.48. The highest BCUT2D eigenvalue weighted by Gasteiger charge is 2.59. The summed E-state index contributed by atoms with van der Waals surface area (Å²) in [5.41, 5.74) is 3.54. The van der Waals surface area contributed by atoms with Crippen molar-refractivity contribution in [2.75, 3.05) is 0 Å². The second-order valence-corrected chi connectivity index (χ2v) is 10.3. The Kier molecular flexibility index (Phi) is 4.04. The number of rotatable bonds is 1. The lowest BCUT2D eigenvalue weighted by Crippen LogP contribution is -2.50. The van der Waals surface area contributed by atoms with Crippen LogP contribution in [0.4, 0.5) is 0 Å². The van der Waals surface area contributed by atoms with Crippen LogP contribution >= 0.6 is 0 Å². The number of ketones is 1. The van der Waals surface area contributed by atoms with Crippen LogP contribution in [0.5, 0.6) is 0 Å². The van der Waals surface area contributed by atoms with Gasteiger partial charge in [0.2, 0.25) is 0 Å². The first-order valence-electron chi connectivity index (χ1n) is 10.9. The molecular weight excluding hydrogens is 348 g/mol. The zero-order valence-corrected chi connectivity index (χ0v) is 17.3. The molecule has 4 aliphatic rings. The molecule has 0 amide bonds. The normalized spacial score (nSPS) is 44.1. The highest BCUT2D eigenvalue weighted by molar-refractivity contribution is 6.05. The van der Waals surface area contributed by atoms with E-state index in [9.17, 15) is 9.90 Å². The van der Waals surface area contributed by atoms with Crippen molar-refractivity contribution in [1.82, 2.24) is 9.78 Å². The first kappa shape index (κ1) is 18.4. The second kappa shape index (κ2) is 6.16. The topological polar surface area (TPSA) is 55.1 Å². The van der Waals surface area contributed by atoms with Gasteiger partial charge in [-0.3, -0.25) is 9.48 Å². The predicted molar refractivity (Wildman–Crippen MR) is 109 cm³/mol. The van der Waals surface area contributed by atoms with E-state index in [0.29, 0.717) is 23.5 Å². The summed E-state index contributed by atoms with van der Waals surface area (Å²) in [5.74, 6) is 2.07. The molecule has 0 bridgehead atoms. The van der Waals surface area contributed by atoms with Gasteiger partial charge in [0.1, 0.15) is 0 Å². The third-order valence-corrected chi connectivity index (χ3v) is 8.78. The highest BCUT2D eigenvalue weighted by atomic mass is 16.3. The van der Waals surface area contributed by atoms with Crippen LogP contribution in [0.15, 0.2) is 29.6 Å². The van der Waals surface area contributed by atoms with Gasteiger partial charge in [-0.15, -0.1) is 0 Å². The Bertz CT molecular complexity index is 881. The van der Waals surface area contributed by atoms with Crippen LogP contribution in [0, 0.1) is 28.6 Å². The van der Waals surface area contributed by atoms with Crippen molar-refractivity contribution < 1.29 is 9.90 Å². The standard InChI is InChI=1S/C24H32N2O2/c1-23-8-6-18(27)12-17(23)4-5-19-20(23)7-9-24(2)21(19)11-16(22(24)28)10-15-13-25-26(3)14-15/h4,10,13-14,18-21,27H,5-9,11-12H2,1-3H3/b16-10+/t18-,19-,20+,21+,23-,24-/m0/s1. The molecule has 1 heterocycles. The first-order valence-corrected chi connectivity index (χ1v) is 10.9. The van der Waals surface area contributed by atoms with Crippen molar-refractivity contribution in [3.05, 3.63) is 35.2 Å². The van der Waals surface area contributed by atoms with Crippen molar-refractivity contribution in [2.45, 2.75) is 64.9 Å². The number of carbonyl (C=O) groups excluding carboxylic acids is 1. The Morgan fingerprint density at radius 3 is 2.71 bits per heavy atom. The SMILES string of the molecule is Cn1cc(/C=C2\C[C@@H]3[C@H]4CC=C5C[C@@H](O)CC[C@]5(C)[C@@H]4CC[C@]3(C)C2=O)cn1. The van der Waals surface area contributed by atoms with E-state index in [-0.39, 0.29) is 16.9 Å². The fourth-order valence-corrected chi connectivity index (χ4v) is 7.16. The van der Waals surface area contributed by atoms with Crippen molar-refractivity contribution >= 4 is 11.9 Å². The maximum atomic E-state index is 13.4. The number of allylic oxidation sites excluding steroid dienone is 2. The molecule has 1 N–H and O–H groups in total. The van der Waals surface area contributed by atoms with Gasteiger partial charge in [0.25, 0.3) is 0 Å². The lowest BCUT2D eigenvalue weighted by molar-refractivity contribution is -0.130. The summed E-state index contributed by atoms with van der Waals surface area (Å²) in [6.07, 6.45) is 15.2. The summed E-state index contributed by atoms with van der Waals surface area (Å²) in [6.45, 7) is 4.67. The zero-order chi connectivity index (χ0) is 19.7. The molecule has 0 radical (unpaired) electrons. The molecule has 3 fully saturated rings. The van der Waals surface area contributed by atoms with Gasteiger partial charge in [0.05, 0.1) is 12.3 Å². The number of carbonyl (C=O) groups is 1. The molecular formula is C24H32N2O2. The van der Waals surface area contributed by atoms with Crippen LogP contribution in [0.2, 0.25) is 0 Å². The maximum absolute atomic E-state index is 13.4. The van der Waals surface area contributed by atoms with E-state index >= 15 is 0 Å². The number of Topliss-reactive ketones (excluding diaryl/α,β-unsaturated/α-hetero) is 1. The summed E-state index contributed by atoms with van der Waals surface area (Å²) in [6, 6.07) is 0. The van der Waals surface area contributed by atoms with Gasteiger partial charge in [0.15, 0.2) is 5.78 Å². The van der Waals surface area contributed by atoms with Crippen molar-refractivity contribution in [3.63, 3.8) is 0 Å². The Hall–Kier alpha value is -1.68. The molecule has 0 aromatic carbocycles. The molecule has 6 atom stereocenters. The largest absolute Gasteiger partial charge is 0.393 e. The Labute approximate surface area is 167 Å². The van der Waals surface area contributed by atoms with Crippen LogP contribution in [0.25, 0.3) is 6.08 Å². The lowest BCUT2D eigenvalue weighted by Gasteiger charge is -2.56. The van der Waals surface area contributed by atoms with E-state index in [1.807, 2.05) is 19.4 Å². The van der Waals surface area contributed by atoms with Gasteiger partial charge in [0, 0.05) is 24.2 Å². The van der Waals surface area contributed by atoms with Crippen molar-refractivity contribution in [1.29, 1.82) is 0 Å². The minimum absolute atomic E-state index is 0.160. The summed E-state index contributed by atoms with van der Waals surface area (Å²) in [7, 11) is 1.91. The van der Waals surface area contributed by atoms with Crippen molar-refractivity contribution in [2.24, 2.45) is 35.6 Å². The average molecular weight is 381 g/mol. The van der Waals surface area contributed by atoms with E-state index in [1.54, 1.807) is 4.68 Å². The fourth-order valence-electron chi connectivity index (χ4n) is 7.16. The summed E-state index contributed by atoms with van der Waals surface area (Å²) < 4.78 is 1.79. The van der Waals surface area contributed by atoms with Crippen LogP contribution in [-0.2, 0) is 11.8 Å². The maximum Gasteiger partial charge on any atom is 0.165 e. The lowest BCUT2D eigenvalue weighted by atomic mass is 9.48. The molecule has 0 unspecified atom stereocenters. The quantitative estimate of drug-likeness (QED) is 0.583. The highest BCUT2D eigenvalue weighted by Crippen LogP contribution is 2.64. The molecule has 0 spiro atoms. The Morgan fingerprint density at radius 2 is 1.96 bits per heavy atom. The predicted octanol–water partition coefficient (Wildman–Crippen LogP) is 4.31. The third kappa shape index (κ3) is 2.53. The van der Waals surface area contributed by atoms with Gasteiger partial charge >= 0.3 is 0 Å². The van der Waals surface area contributed by atoms with Crippen LogP contribution in [0.3, 0.4) is 0 Å². The fraction of sp³-hybridized carbons (Fsp3) is 0.667. The first-order chi connectivity index (χ1) is 13.3. The van der Waals surface area contributed by atoms with E-state index in [4.69, 9.17) is 0 Å². The van der Waals surface area contributed by atoms with Crippen molar-refractivity contribution in [3.8, 4) is 0 Å². The molecule has 28 heavy (non-hydrogen) atoms. The second-order valence-electron chi connectivity index (χ2n) is 10.3. The average Bonchev–Trinajstić information content (AvgIpc) is 3.18. The monoisotopic (exact) mass is 380 g/mol. The molecule has 0 saturated heterocycles. The smallest absolute Gasteiger partial charge is 0.165 e. The number of fused-ring (bicyclic) bond motifs is 5. The van der Waals surface area contributed by atoms with E-state index in [0.717, 1.165) is 56.1 Å². The molecule has 4 heteroatoms. The Morgan fingerprint density at radius 1 is 1.18 bits per heavy atom. The molecule has 1 aromatic rings. The molecule has 4 nitrogen and oxygen atoms in total. The van der Waals surface area contributed by atoms with Gasteiger partial charge in [-0.25, -0.2) is 0 Å². The number of hydrogen-bond acceptors (Lipinski definition) is 3. The van der Waals surface area contributed by atoms with E-state index in [2.05, 4.69) is 31.1 Å². The van der Waals surface area contributed by atoms with Gasteiger partial charge < -0.3 is 5.11 Å². The molecule has 0 aliphatic heterocycles. The van der Waals surface area contributed by atoms with Crippen LogP contribution in [-0.4, -0.2) is 26.8 Å². The minimum Gasteiger partial charge on any atom is -0.393 e. The molecule has 1 aromatic heterocycles. The number of aryl methyl sites for hydroxylation is 1. The minimum atomic E-state index is -0.203. The molecule has 150 valence electrons. The molecule has 5 rings (SSSR count). The number of aromatic nitrogens is 2. The number of hydrogen-bond donors (Lipinski definition) is 1. The van der Waals surface area contributed by atoms with Gasteiger partial charge in [-0.1, -0.05) is 25.5 Å². The molecule has 4 aliphatic carbocycles.